The number of carbonyl (C=O) groups is 1. The van der Waals surface area contributed by atoms with Crippen LogP contribution in [0.1, 0.15) is 30.9 Å². The summed E-state index contributed by atoms with van der Waals surface area (Å²) in [5.74, 6) is 0.386. The average Bonchev–Trinajstić information content (AvgIpc) is 2.90. The molecule has 0 bridgehead atoms. The minimum absolute atomic E-state index is 0.0848. The van der Waals surface area contributed by atoms with Gasteiger partial charge in [-0.15, -0.1) is 0 Å². The average molecular weight is 338 g/mol. The van der Waals surface area contributed by atoms with Crippen LogP contribution in [0.15, 0.2) is 58.4 Å². The maximum Gasteiger partial charge on any atom is 0.264 e. The predicted molar refractivity (Wildman–Crippen MR) is 99.4 cm³/mol. The van der Waals surface area contributed by atoms with Gasteiger partial charge in [0.25, 0.3) is 5.91 Å². The minimum atomic E-state index is -0.179. The van der Waals surface area contributed by atoms with Gasteiger partial charge in [0, 0.05) is 0 Å². The molecule has 1 saturated heterocycles. The number of hydrogen-bond acceptors (Lipinski definition) is 4. The summed E-state index contributed by atoms with van der Waals surface area (Å²) in [7, 11) is 0. The molecule has 24 heavy (non-hydrogen) atoms. The van der Waals surface area contributed by atoms with E-state index in [4.69, 9.17) is 0 Å². The number of aliphatic imine (C=N–C) groups is 1. The number of carbonyl (C=O) groups excluding carboxylic acids is 1. The van der Waals surface area contributed by atoms with Crippen molar-refractivity contribution in [3.05, 3.63) is 64.6 Å². The van der Waals surface area contributed by atoms with Crippen molar-refractivity contribution in [2.45, 2.75) is 19.8 Å². The second kappa shape index (κ2) is 6.93. The summed E-state index contributed by atoms with van der Waals surface area (Å²) < 4.78 is 0. The van der Waals surface area contributed by atoms with E-state index in [0.29, 0.717) is 21.7 Å². The first-order chi connectivity index (χ1) is 11.5. The van der Waals surface area contributed by atoms with Gasteiger partial charge in [0.05, 0.1) is 4.91 Å². The molecule has 0 atom stereocenters. The van der Waals surface area contributed by atoms with Crippen LogP contribution in [0.25, 0.3) is 6.08 Å². The number of benzene rings is 2. The molecule has 1 amide bonds. The van der Waals surface area contributed by atoms with E-state index in [1.54, 1.807) is 24.3 Å². The molecule has 0 unspecified atom stereocenters. The number of para-hydroxylation sites is 2. The summed E-state index contributed by atoms with van der Waals surface area (Å²) in [5.41, 5.74) is 2.67. The number of aromatic hydroxyl groups is 1. The van der Waals surface area contributed by atoms with Gasteiger partial charge in [-0.05, 0) is 47.0 Å². The number of rotatable bonds is 3. The number of nitrogens with one attached hydrogen (secondary N) is 1. The molecule has 4 nitrogen and oxygen atoms in total. The Morgan fingerprint density at radius 1 is 1.12 bits per heavy atom. The number of amides is 1. The van der Waals surface area contributed by atoms with Crippen molar-refractivity contribution < 1.29 is 9.90 Å². The molecule has 1 aliphatic heterocycles. The Kier molecular flexibility index (Phi) is 4.71. The highest BCUT2D eigenvalue weighted by molar-refractivity contribution is 8.18. The van der Waals surface area contributed by atoms with Crippen LogP contribution in [-0.2, 0) is 4.79 Å². The van der Waals surface area contributed by atoms with Crippen LogP contribution < -0.4 is 5.32 Å². The maximum atomic E-state index is 12.1. The lowest BCUT2D eigenvalue weighted by atomic mass is 10.0. The zero-order valence-corrected chi connectivity index (χ0v) is 14.3. The Bertz CT molecular complexity index is 824. The van der Waals surface area contributed by atoms with Crippen molar-refractivity contribution in [3.8, 4) is 5.75 Å². The monoisotopic (exact) mass is 338 g/mol. The third kappa shape index (κ3) is 3.68. The summed E-state index contributed by atoms with van der Waals surface area (Å²) in [5, 5.41) is 13.0. The molecule has 0 radical (unpaired) electrons. The Labute approximate surface area is 145 Å². The van der Waals surface area contributed by atoms with Gasteiger partial charge < -0.3 is 10.4 Å². The minimum Gasteiger partial charge on any atom is -0.506 e. The molecular formula is C19H18N2O2S. The van der Waals surface area contributed by atoms with E-state index in [1.807, 2.05) is 18.2 Å². The van der Waals surface area contributed by atoms with Gasteiger partial charge in [-0.25, -0.2) is 4.99 Å². The van der Waals surface area contributed by atoms with Crippen LogP contribution in [0.4, 0.5) is 5.69 Å². The van der Waals surface area contributed by atoms with E-state index in [2.05, 4.69) is 36.3 Å². The number of amidine groups is 1. The zero-order valence-electron chi connectivity index (χ0n) is 13.5. The normalized spacial score (nSPS) is 17.7. The van der Waals surface area contributed by atoms with Crippen molar-refractivity contribution in [1.29, 1.82) is 0 Å². The summed E-state index contributed by atoms with van der Waals surface area (Å²) in [4.78, 5) is 17.0. The zero-order chi connectivity index (χ0) is 17.1. The van der Waals surface area contributed by atoms with Crippen molar-refractivity contribution in [2.24, 2.45) is 4.99 Å². The standard InChI is InChI=1S/C19H18N2O2S/c1-12(2)14-9-7-13(8-10-14)11-17-18(23)21-19(24-17)20-15-5-3-4-6-16(15)22/h3-12,22H,1-2H3,(H,20,21,23). The van der Waals surface area contributed by atoms with Crippen LogP contribution in [0.2, 0.25) is 0 Å². The Balaban J connectivity index is 1.81. The smallest absolute Gasteiger partial charge is 0.264 e. The van der Waals surface area contributed by atoms with Gasteiger partial charge in [-0.1, -0.05) is 50.2 Å². The maximum absolute atomic E-state index is 12.1. The lowest BCUT2D eigenvalue weighted by molar-refractivity contribution is -0.115. The molecule has 0 aromatic heterocycles. The third-order valence-electron chi connectivity index (χ3n) is 3.66. The Morgan fingerprint density at radius 2 is 1.83 bits per heavy atom. The lowest BCUT2D eigenvalue weighted by Gasteiger charge is -2.04. The van der Waals surface area contributed by atoms with E-state index in [-0.39, 0.29) is 11.7 Å². The van der Waals surface area contributed by atoms with Gasteiger partial charge in [0.1, 0.15) is 11.4 Å². The van der Waals surface area contributed by atoms with Crippen LogP contribution in [0.5, 0.6) is 5.75 Å². The lowest BCUT2D eigenvalue weighted by Crippen LogP contribution is -2.19. The SMILES string of the molecule is CC(C)c1ccc(C=C2SC(=Nc3ccccc3O)NC2=O)cc1. The summed E-state index contributed by atoms with van der Waals surface area (Å²) in [6.45, 7) is 4.30. The fraction of sp³-hybridized carbons (Fsp3) is 0.158. The molecule has 2 aromatic rings. The van der Waals surface area contributed by atoms with Crippen molar-refractivity contribution in [1.82, 2.24) is 5.32 Å². The van der Waals surface area contributed by atoms with Crippen LogP contribution in [0, 0.1) is 0 Å². The summed E-state index contributed by atoms with van der Waals surface area (Å²) >= 11 is 1.27. The van der Waals surface area contributed by atoms with Gasteiger partial charge in [-0.3, -0.25) is 4.79 Å². The molecule has 1 fully saturated rings. The fourth-order valence-electron chi connectivity index (χ4n) is 2.28. The summed E-state index contributed by atoms with van der Waals surface area (Å²) in [6, 6.07) is 14.9. The number of phenolic OH excluding ortho intramolecular Hbond substituents is 1. The molecule has 2 aromatic carbocycles. The second-order valence-electron chi connectivity index (χ2n) is 5.79. The van der Waals surface area contributed by atoms with E-state index >= 15 is 0 Å². The first-order valence-corrected chi connectivity index (χ1v) is 8.52. The Morgan fingerprint density at radius 3 is 2.50 bits per heavy atom. The van der Waals surface area contributed by atoms with E-state index in [0.717, 1.165) is 5.56 Å². The van der Waals surface area contributed by atoms with Crippen molar-refractivity contribution in [3.63, 3.8) is 0 Å². The molecule has 0 saturated carbocycles. The number of nitrogens with zero attached hydrogens (tertiary/aromatic N) is 1. The predicted octanol–water partition coefficient (Wildman–Crippen LogP) is 4.41. The van der Waals surface area contributed by atoms with Crippen LogP contribution in [0.3, 0.4) is 0 Å². The van der Waals surface area contributed by atoms with Gasteiger partial charge in [-0.2, -0.15) is 0 Å². The Hall–Kier alpha value is -2.53. The summed E-state index contributed by atoms with van der Waals surface area (Å²) in [6.07, 6.45) is 1.84. The van der Waals surface area contributed by atoms with Crippen LogP contribution in [-0.4, -0.2) is 16.2 Å². The van der Waals surface area contributed by atoms with Crippen molar-refractivity contribution in [2.75, 3.05) is 0 Å². The molecule has 0 aliphatic carbocycles. The molecule has 2 N–H and O–H groups in total. The topological polar surface area (TPSA) is 61.7 Å². The van der Waals surface area contributed by atoms with E-state index in [9.17, 15) is 9.90 Å². The number of phenols is 1. The highest BCUT2D eigenvalue weighted by Crippen LogP contribution is 2.31. The largest absolute Gasteiger partial charge is 0.506 e. The molecule has 5 heteroatoms. The third-order valence-corrected chi connectivity index (χ3v) is 4.57. The fourth-order valence-corrected chi connectivity index (χ4v) is 3.11. The molecule has 1 aliphatic rings. The van der Waals surface area contributed by atoms with Crippen LogP contribution >= 0.6 is 11.8 Å². The van der Waals surface area contributed by atoms with Gasteiger partial charge in [0.15, 0.2) is 5.17 Å². The first kappa shape index (κ1) is 16.3. The first-order valence-electron chi connectivity index (χ1n) is 7.70. The molecule has 0 spiro atoms. The van der Waals surface area contributed by atoms with Crippen molar-refractivity contribution >= 4 is 34.6 Å². The van der Waals surface area contributed by atoms with E-state index in [1.165, 1.54) is 17.3 Å². The highest BCUT2D eigenvalue weighted by atomic mass is 32.2. The number of hydrogen-bond donors (Lipinski definition) is 2. The molecule has 122 valence electrons. The van der Waals surface area contributed by atoms with Gasteiger partial charge in [0.2, 0.25) is 0 Å². The second-order valence-corrected chi connectivity index (χ2v) is 6.82. The van der Waals surface area contributed by atoms with Gasteiger partial charge >= 0.3 is 0 Å². The van der Waals surface area contributed by atoms with E-state index < -0.39 is 0 Å². The highest BCUT2D eigenvalue weighted by Gasteiger charge is 2.24. The number of thioether (sulfide) groups is 1. The quantitative estimate of drug-likeness (QED) is 0.815. The molecule has 1 heterocycles. The molecular weight excluding hydrogens is 320 g/mol. The molecule has 3 rings (SSSR count).